The summed E-state index contributed by atoms with van der Waals surface area (Å²) in [6.45, 7) is 0. The van der Waals surface area contributed by atoms with Crippen molar-refractivity contribution >= 4 is 54.5 Å². The van der Waals surface area contributed by atoms with E-state index in [-0.39, 0.29) is 5.69 Å². The van der Waals surface area contributed by atoms with Gasteiger partial charge in [-0.25, -0.2) is 9.38 Å². The van der Waals surface area contributed by atoms with Crippen LogP contribution in [0.1, 0.15) is 0 Å². The second-order valence-corrected chi connectivity index (χ2v) is 5.08. The van der Waals surface area contributed by atoms with Crippen molar-refractivity contribution < 1.29 is 4.39 Å². The van der Waals surface area contributed by atoms with E-state index in [4.69, 9.17) is 5.26 Å². The third-order valence-corrected chi connectivity index (χ3v) is 3.99. The molecular formula is C9H6Br2FN3S. The van der Waals surface area contributed by atoms with Crippen LogP contribution in [-0.2, 0) is 0 Å². The summed E-state index contributed by atoms with van der Waals surface area (Å²) in [5, 5.41) is 11.2. The zero-order chi connectivity index (χ0) is 12.1. The Morgan fingerprint density at radius 3 is 2.69 bits per heavy atom. The van der Waals surface area contributed by atoms with Gasteiger partial charge in [-0.2, -0.15) is 5.26 Å². The van der Waals surface area contributed by atoms with E-state index in [1.807, 2.05) is 0 Å². The van der Waals surface area contributed by atoms with Gasteiger partial charge in [0.15, 0.2) is 11.4 Å². The molecule has 7 heteroatoms. The number of nitrogens with zero attached hydrogens (tertiary/aromatic N) is 2. The van der Waals surface area contributed by atoms with E-state index < -0.39 is 5.82 Å². The van der Waals surface area contributed by atoms with Crippen LogP contribution in [0.25, 0.3) is 0 Å². The van der Waals surface area contributed by atoms with Gasteiger partial charge < -0.3 is 0 Å². The summed E-state index contributed by atoms with van der Waals surface area (Å²) in [6.07, 6.45) is 3.48. The molecule has 0 saturated carbocycles. The number of amidine groups is 1. The van der Waals surface area contributed by atoms with Crippen molar-refractivity contribution in [2.24, 2.45) is 4.99 Å². The van der Waals surface area contributed by atoms with Gasteiger partial charge in [-0.1, -0.05) is 11.8 Å². The minimum Gasteiger partial charge on any atom is -0.271 e. The molecule has 0 aromatic heterocycles. The molecule has 0 heterocycles. The maximum Gasteiger partial charge on any atom is 0.183 e. The van der Waals surface area contributed by atoms with E-state index in [1.165, 1.54) is 23.9 Å². The summed E-state index contributed by atoms with van der Waals surface area (Å²) in [7, 11) is 0. The van der Waals surface area contributed by atoms with Crippen molar-refractivity contribution in [3.63, 3.8) is 0 Å². The molecule has 1 aromatic carbocycles. The van der Waals surface area contributed by atoms with Gasteiger partial charge in [0.1, 0.15) is 11.5 Å². The minimum absolute atomic E-state index is 0.169. The zero-order valence-electron chi connectivity index (χ0n) is 8.09. The lowest BCUT2D eigenvalue weighted by Crippen LogP contribution is -2.12. The molecule has 1 rings (SSSR count). The molecule has 0 unspecified atom stereocenters. The molecule has 1 N–H and O–H groups in total. The van der Waals surface area contributed by atoms with Crippen LogP contribution in [0.4, 0.5) is 10.1 Å². The Kier molecular flexibility index (Phi) is 5.25. The van der Waals surface area contributed by atoms with E-state index >= 15 is 0 Å². The fourth-order valence-electron chi connectivity index (χ4n) is 0.880. The summed E-state index contributed by atoms with van der Waals surface area (Å²) < 4.78 is 14.8. The largest absolute Gasteiger partial charge is 0.271 e. The average molecular weight is 367 g/mol. The number of rotatable bonds is 1. The van der Waals surface area contributed by atoms with E-state index in [0.717, 1.165) is 0 Å². The number of benzene rings is 1. The first-order valence-electron chi connectivity index (χ1n) is 4.00. The summed E-state index contributed by atoms with van der Waals surface area (Å²) in [5.74, 6) is -0.457. The first kappa shape index (κ1) is 13.5. The Labute approximate surface area is 113 Å². The number of hydrogen-bond acceptors (Lipinski definition) is 3. The van der Waals surface area contributed by atoms with Crippen molar-refractivity contribution in [1.29, 1.82) is 5.26 Å². The van der Waals surface area contributed by atoms with Crippen LogP contribution in [-0.4, -0.2) is 11.4 Å². The second-order valence-electron chi connectivity index (χ2n) is 2.58. The molecule has 0 spiro atoms. The molecule has 84 valence electrons. The van der Waals surface area contributed by atoms with Gasteiger partial charge in [0.2, 0.25) is 0 Å². The molecule has 0 aliphatic carbocycles. The maximum atomic E-state index is 13.5. The number of aliphatic imine (C=N–C) groups is 1. The Balaban J connectivity index is 3.14. The standard InChI is InChI=1S/C9H6Br2FN3S/c1-16-9(14-4-13)15-8-3-6(11)5(10)2-7(8)12/h2-3H,1H3,(H,14,15). The highest BCUT2D eigenvalue weighted by molar-refractivity contribution is 9.13. The van der Waals surface area contributed by atoms with Crippen LogP contribution in [0.2, 0.25) is 0 Å². The summed E-state index contributed by atoms with van der Waals surface area (Å²) >= 11 is 7.67. The summed E-state index contributed by atoms with van der Waals surface area (Å²) in [5.41, 5.74) is 0.169. The van der Waals surface area contributed by atoms with Crippen LogP contribution in [0.15, 0.2) is 26.1 Å². The van der Waals surface area contributed by atoms with Crippen LogP contribution in [0, 0.1) is 17.3 Å². The van der Waals surface area contributed by atoms with Crippen molar-refractivity contribution in [1.82, 2.24) is 5.32 Å². The van der Waals surface area contributed by atoms with E-state index in [2.05, 4.69) is 42.2 Å². The molecule has 0 saturated heterocycles. The van der Waals surface area contributed by atoms with E-state index in [0.29, 0.717) is 14.1 Å². The normalized spacial score (nSPS) is 11.1. The molecule has 16 heavy (non-hydrogen) atoms. The first-order chi connectivity index (χ1) is 7.58. The summed E-state index contributed by atoms with van der Waals surface area (Å²) in [4.78, 5) is 3.99. The molecule has 0 aliphatic rings. The van der Waals surface area contributed by atoms with Gasteiger partial charge in [-0.15, -0.1) is 0 Å². The third kappa shape index (κ3) is 3.47. The number of thioether (sulfide) groups is 1. The second kappa shape index (κ2) is 6.23. The maximum absolute atomic E-state index is 13.5. The molecule has 0 amide bonds. The highest BCUT2D eigenvalue weighted by Gasteiger charge is 2.07. The van der Waals surface area contributed by atoms with Crippen LogP contribution >= 0.6 is 43.6 Å². The summed E-state index contributed by atoms with van der Waals surface area (Å²) in [6, 6.07) is 2.85. The van der Waals surface area contributed by atoms with Crippen molar-refractivity contribution in [3.05, 3.63) is 26.9 Å². The predicted molar refractivity (Wildman–Crippen MR) is 71.2 cm³/mol. The fraction of sp³-hybridized carbons (Fsp3) is 0.111. The SMILES string of the molecule is CSC(=Nc1cc(Br)c(Br)cc1F)NC#N. The van der Waals surface area contributed by atoms with Crippen LogP contribution < -0.4 is 5.32 Å². The number of nitrogens with one attached hydrogen (secondary N) is 1. The lowest BCUT2D eigenvalue weighted by molar-refractivity contribution is 0.628. The predicted octanol–water partition coefficient (Wildman–Crippen LogP) is 3.77. The zero-order valence-corrected chi connectivity index (χ0v) is 12.1. The smallest absolute Gasteiger partial charge is 0.183 e. The molecule has 3 nitrogen and oxygen atoms in total. The molecular weight excluding hydrogens is 361 g/mol. The van der Waals surface area contributed by atoms with Crippen LogP contribution in [0.3, 0.4) is 0 Å². The van der Waals surface area contributed by atoms with E-state index in [9.17, 15) is 4.39 Å². The van der Waals surface area contributed by atoms with Gasteiger partial charge >= 0.3 is 0 Å². The molecule has 0 fully saturated rings. The minimum atomic E-state index is -0.457. The van der Waals surface area contributed by atoms with Crippen molar-refractivity contribution in [2.45, 2.75) is 0 Å². The number of hydrogen-bond donors (Lipinski definition) is 1. The quantitative estimate of drug-likeness (QED) is 0.270. The Hall–Kier alpha value is -0.580. The monoisotopic (exact) mass is 365 g/mol. The highest BCUT2D eigenvalue weighted by atomic mass is 79.9. The van der Waals surface area contributed by atoms with Gasteiger partial charge in [0, 0.05) is 8.95 Å². The van der Waals surface area contributed by atoms with E-state index in [1.54, 1.807) is 12.4 Å². The Morgan fingerprint density at radius 2 is 2.12 bits per heavy atom. The third-order valence-electron chi connectivity index (χ3n) is 1.57. The lowest BCUT2D eigenvalue weighted by atomic mass is 10.3. The highest BCUT2D eigenvalue weighted by Crippen LogP contribution is 2.30. The van der Waals surface area contributed by atoms with Gasteiger partial charge in [-0.3, -0.25) is 5.32 Å². The molecule has 1 aromatic rings. The number of halogens is 3. The molecule has 0 bridgehead atoms. The fourth-order valence-corrected chi connectivity index (χ4v) is 1.86. The topological polar surface area (TPSA) is 48.2 Å². The van der Waals surface area contributed by atoms with Gasteiger partial charge in [-0.05, 0) is 50.2 Å². The van der Waals surface area contributed by atoms with Crippen molar-refractivity contribution in [2.75, 3.05) is 6.26 Å². The Bertz CT molecular complexity index is 471. The number of nitriles is 1. The molecule has 0 radical (unpaired) electrons. The van der Waals surface area contributed by atoms with Gasteiger partial charge in [0.25, 0.3) is 0 Å². The van der Waals surface area contributed by atoms with Crippen molar-refractivity contribution in [3.8, 4) is 6.19 Å². The van der Waals surface area contributed by atoms with Gasteiger partial charge in [0.05, 0.1) is 0 Å². The lowest BCUT2D eigenvalue weighted by Gasteiger charge is -2.03. The average Bonchev–Trinajstić information content (AvgIpc) is 2.25. The molecule has 0 aliphatic heterocycles. The first-order valence-corrected chi connectivity index (χ1v) is 6.82. The van der Waals surface area contributed by atoms with Crippen LogP contribution in [0.5, 0.6) is 0 Å². The molecule has 0 atom stereocenters. The Morgan fingerprint density at radius 1 is 1.50 bits per heavy atom.